The van der Waals surface area contributed by atoms with Crippen LogP contribution in [0.4, 0.5) is 0 Å². The fourth-order valence-corrected chi connectivity index (χ4v) is 2.75. The minimum atomic E-state index is -0.696. The number of aryl methyl sites for hydroxylation is 1. The third-order valence-electron chi connectivity index (χ3n) is 4.31. The summed E-state index contributed by atoms with van der Waals surface area (Å²) in [5.41, 5.74) is 2.24. The number of methoxy groups -OCH3 is 2. The van der Waals surface area contributed by atoms with Crippen LogP contribution in [0.15, 0.2) is 51.8 Å². The monoisotopic (exact) mass is 368 g/mol. The molecule has 0 radical (unpaired) electrons. The van der Waals surface area contributed by atoms with Gasteiger partial charge in [-0.1, -0.05) is 36.3 Å². The van der Waals surface area contributed by atoms with E-state index < -0.39 is 5.76 Å². The number of hydrogen-bond acceptors (Lipinski definition) is 6. The second kappa shape index (κ2) is 7.90. The molecule has 0 aliphatic rings. The Balaban J connectivity index is 1.93. The van der Waals surface area contributed by atoms with E-state index in [2.05, 4.69) is 5.16 Å². The van der Waals surface area contributed by atoms with Crippen LogP contribution in [0.3, 0.4) is 0 Å². The predicted octanol–water partition coefficient (Wildman–Crippen LogP) is 2.97. The number of ketones is 1. The summed E-state index contributed by atoms with van der Waals surface area (Å²) in [4.78, 5) is 24.7. The Morgan fingerprint density at radius 1 is 1.07 bits per heavy atom. The molecule has 0 unspecified atom stereocenters. The van der Waals surface area contributed by atoms with Crippen LogP contribution in [0.25, 0.3) is 11.4 Å². The molecular weight excluding hydrogens is 348 g/mol. The van der Waals surface area contributed by atoms with E-state index >= 15 is 0 Å². The first-order chi connectivity index (χ1) is 13.1. The molecule has 1 aromatic heterocycles. The zero-order valence-corrected chi connectivity index (χ0v) is 15.4. The van der Waals surface area contributed by atoms with Gasteiger partial charge < -0.3 is 9.47 Å². The van der Waals surface area contributed by atoms with Crippen LogP contribution in [-0.4, -0.2) is 29.7 Å². The van der Waals surface area contributed by atoms with Gasteiger partial charge in [-0.2, -0.15) is 0 Å². The fourth-order valence-electron chi connectivity index (χ4n) is 2.75. The highest BCUT2D eigenvalue weighted by Gasteiger charge is 2.18. The Hall–Kier alpha value is -3.35. The normalized spacial score (nSPS) is 10.6. The van der Waals surface area contributed by atoms with Gasteiger partial charge in [0.05, 0.1) is 20.8 Å². The minimum Gasteiger partial charge on any atom is -0.493 e. The second-order valence-corrected chi connectivity index (χ2v) is 5.90. The van der Waals surface area contributed by atoms with Gasteiger partial charge in [-0.25, -0.2) is 9.36 Å². The number of hydrogen-bond donors (Lipinski definition) is 0. The predicted molar refractivity (Wildman–Crippen MR) is 99.5 cm³/mol. The van der Waals surface area contributed by atoms with Gasteiger partial charge in [0.15, 0.2) is 23.1 Å². The number of ether oxygens (including phenoxy) is 2. The van der Waals surface area contributed by atoms with Gasteiger partial charge in [-0.3, -0.25) is 9.32 Å². The van der Waals surface area contributed by atoms with E-state index in [4.69, 9.17) is 14.0 Å². The van der Waals surface area contributed by atoms with Crippen molar-refractivity contribution in [1.82, 2.24) is 9.72 Å². The van der Waals surface area contributed by atoms with Crippen molar-refractivity contribution >= 4 is 5.78 Å². The molecule has 0 bridgehead atoms. The number of carbonyl (C=O) groups is 1. The Morgan fingerprint density at radius 2 is 1.78 bits per heavy atom. The largest absolute Gasteiger partial charge is 0.493 e. The first-order valence-corrected chi connectivity index (χ1v) is 8.48. The number of benzene rings is 2. The Labute approximate surface area is 156 Å². The third-order valence-corrected chi connectivity index (χ3v) is 4.31. The lowest BCUT2D eigenvalue weighted by Crippen LogP contribution is -2.21. The van der Waals surface area contributed by atoms with Crippen LogP contribution in [0.5, 0.6) is 11.5 Å². The molecule has 2 aromatic carbocycles. The Kier molecular flexibility index (Phi) is 5.40. The van der Waals surface area contributed by atoms with Crippen molar-refractivity contribution in [2.45, 2.75) is 19.9 Å². The maximum absolute atomic E-state index is 12.6. The van der Waals surface area contributed by atoms with Gasteiger partial charge in [0.2, 0.25) is 0 Å². The zero-order valence-electron chi connectivity index (χ0n) is 15.4. The van der Waals surface area contributed by atoms with Crippen molar-refractivity contribution in [3.8, 4) is 22.9 Å². The summed E-state index contributed by atoms with van der Waals surface area (Å²) >= 11 is 0. The number of nitrogens with zero attached hydrogens (tertiary/aromatic N) is 2. The molecule has 7 heteroatoms. The number of aromatic nitrogens is 2. The van der Waals surface area contributed by atoms with E-state index in [0.717, 1.165) is 12.0 Å². The van der Waals surface area contributed by atoms with E-state index in [-0.39, 0.29) is 18.2 Å². The van der Waals surface area contributed by atoms with E-state index in [9.17, 15) is 9.59 Å². The highest BCUT2D eigenvalue weighted by molar-refractivity contribution is 5.96. The lowest BCUT2D eigenvalue weighted by atomic mass is 10.1. The Morgan fingerprint density at radius 3 is 2.41 bits per heavy atom. The van der Waals surface area contributed by atoms with Crippen molar-refractivity contribution in [3.63, 3.8) is 0 Å². The molecule has 1 heterocycles. The van der Waals surface area contributed by atoms with Gasteiger partial charge in [0.25, 0.3) is 0 Å². The second-order valence-electron chi connectivity index (χ2n) is 5.90. The third kappa shape index (κ3) is 3.76. The van der Waals surface area contributed by atoms with E-state index in [1.54, 1.807) is 30.3 Å². The van der Waals surface area contributed by atoms with E-state index in [1.165, 1.54) is 18.8 Å². The molecule has 3 rings (SSSR count). The van der Waals surface area contributed by atoms with Crippen LogP contribution in [0.1, 0.15) is 22.8 Å². The van der Waals surface area contributed by atoms with Crippen LogP contribution >= 0.6 is 0 Å². The van der Waals surface area contributed by atoms with Gasteiger partial charge in [-0.05, 0) is 30.2 Å². The van der Waals surface area contributed by atoms with Gasteiger partial charge in [0.1, 0.15) is 0 Å². The lowest BCUT2D eigenvalue weighted by Gasteiger charge is -2.09. The minimum absolute atomic E-state index is 0.169. The van der Waals surface area contributed by atoms with Gasteiger partial charge in [-0.15, -0.1) is 0 Å². The van der Waals surface area contributed by atoms with Gasteiger partial charge in [0, 0.05) is 11.1 Å². The molecule has 0 atom stereocenters. The van der Waals surface area contributed by atoms with Crippen molar-refractivity contribution < 1.29 is 18.8 Å². The van der Waals surface area contributed by atoms with E-state index in [0.29, 0.717) is 22.6 Å². The summed E-state index contributed by atoms with van der Waals surface area (Å²) in [6.07, 6.45) is 0.892. The lowest BCUT2D eigenvalue weighted by molar-refractivity contribution is 0.0969. The molecule has 0 saturated carbocycles. The summed E-state index contributed by atoms with van der Waals surface area (Å²) in [7, 11) is 3.05. The van der Waals surface area contributed by atoms with Crippen LogP contribution < -0.4 is 15.2 Å². The molecule has 0 saturated heterocycles. The summed E-state index contributed by atoms with van der Waals surface area (Å²) in [6.45, 7) is 1.88. The van der Waals surface area contributed by atoms with Crippen molar-refractivity contribution in [1.29, 1.82) is 0 Å². The summed E-state index contributed by atoms with van der Waals surface area (Å²) in [5, 5.41) is 3.82. The van der Waals surface area contributed by atoms with Gasteiger partial charge >= 0.3 is 5.76 Å². The van der Waals surface area contributed by atoms with Crippen LogP contribution in [0.2, 0.25) is 0 Å². The summed E-state index contributed by atoms with van der Waals surface area (Å²) in [5.74, 6) is 0.381. The van der Waals surface area contributed by atoms with Crippen molar-refractivity contribution in [2.75, 3.05) is 14.2 Å². The van der Waals surface area contributed by atoms with Crippen molar-refractivity contribution in [3.05, 3.63) is 64.1 Å². The number of rotatable bonds is 7. The van der Waals surface area contributed by atoms with E-state index in [1.807, 2.05) is 19.1 Å². The maximum Gasteiger partial charge on any atom is 0.442 e. The molecule has 0 aliphatic heterocycles. The fraction of sp³-hybridized carbons (Fsp3) is 0.250. The molecule has 0 fully saturated rings. The highest BCUT2D eigenvalue weighted by Crippen LogP contribution is 2.31. The molecule has 7 nitrogen and oxygen atoms in total. The van der Waals surface area contributed by atoms with Crippen LogP contribution in [-0.2, 0) is 13.0 Å². The molecule has 140 valence electrons. The molecular formula is C20H20N2O5. The number of carbonyl (C=O) groups excluding carboxylic acids is 1. The first kappa shape index (κ1) is 18.4. The Bertz CT molecular complexity index is 1000. The standard InChI is InChI=1S/C20H20N2O5/c1-4-13-5-7-14(8-6-13)16(23)12-22-19(21-27-20(22)24)15-9-10-17(25-2)18(11-15)26-3/h5-11H,4,12H2,1-3H3. The number of Topliss-reactive ketones (excluding diaryl/α,β-unsaturated/α-hetero) is 1. The quantitative estimate of drug-likeness (QED) is 0.596. The van der Waals surface area contributed by atoms with Crippen molar-refractivity contribution in [2.24, 2.45) is 0 Å². The smallest absolute Gasteiger partial charge is 0.442 e. The molecule has 0 amide bonds. The summed E-state index contributed by atoms with van der Waals surface area (Å²) < 4.78 is 16.5. The first-order valence-electron chi connectivity index (χ1n) is 8.48. The highest BCUT2D eigenvalue weighted by atomic mass is 16.5. The zero-order chi connectivity index (χ0) is 19.4. The average molecular weight is 368 g/mol. The molecule has 0 N–H and O–H groups in total. The topological polar surface area (TPSA) is 83.6 Å². The molecule has 0 spiro atoms. The molecule has 3 aromatic rings. The molecule has 27 heavy (non-hydrogen) atoms. The molecule has 0 aliphatic carbocycles. The SMILES string of the molecule is CCc1ccc(C(=O)Cn2c(-c3ccc(OC)c(OC)c3)noc2=O)cc1. The summed E-state index contributed by atoms with van der Waals surface area (Å²) in [6, 6.07) is 12.4. The average Bonchev–Trinajstić information content (AvgIpc) is 3.07. The van der Waals surface area contributed by atoms with Crippen LogP contribution in [0, 0.1) is 0 Å². The maximum atomic E-state index is 12.6.